The number of nitrogens with one attached hydrogen (secondary N) is 1. The minimum atomic E-state index is -0.502. The molecule has 1 aliphatic rings. The zero-order valence-corrected chi connectivity index (χ0v) is 15.5. The first-order valence-corrected chi connectivity index (χ1v) is 9.02. The smallest absolute Gasteiger partial charge is 0.407 e. The lowest BCUT2D eigenvalue weighted by atomic mass is 9.89. The van der Waals surface area contributed by atoms with Gasteiger partial charge in [0.2, 0.25) is 5.91 Å². The highest BCUT2D eigenvalue weighted by Crippen LogP contribution is 2.23. The summed E-state index contributed by atoms with van der Waals surface area (Å²) >= 11 is 0. The number of unbranched alkanes of at least 4 members (excludes halogenated alkanes) is 1. The van der Waals surface area contributed by atoms with Gasteiger partial charge in [-0.15, -0.1) is 0 Å². The second-order valence-corrected chi connectivity index (χ2v) is 7.64. The second-order valence-electron chi connectivity index (χ2n) is 7.64. The highest BCUT2D eigenvalue weighted by atomic mass is 16.6. The average Bonchev–Trinajstić information content (AvgIpc) is 2.43. The normalized spacial score (nSPS) is 21.9. The molecule has 0 radical (unpaired) electrons. The lowest BCUT2D eigenvalue weighted by Gasteiger charge is -2.38. The number of alkyl carbamates (subject to hydrolysis) is 1. The highest BCUT2D eigenvalue weighted by Gasteiger charge is 2.31. The number of carbonyl (C=O) groups is 2. The van der Waals surface area contributed by atoms with E-state index in [4.69, 9.17) is 4.74 Å². The monoisotopic (exact) mass is 326 g/mol. The van der Waals surface area contributed by atoms with Gasteiger partial charge in [-0.05, 0) is 46.0 Å². The molecule has 23 heavy (non-hydrogen) atoms. The predicted molar refractivity (Wildman–Crippen MR) is 92.3 cm³/mol. The molecule has 5 heteroatoms. The summed E-state index contributed by atoms with van der Waals surface area (Å²) in [4.78, 5) is 26.2. The van der Waals surface area contributed by atoms with Gasteiger partial charge in [0.25, 0.3) is 0 Å². The van der Waals surface area contributed by atoms with E-state index in [2.05, 4.69) is 12.2 Å². The minimum Gasteiger partial charge on any atom is -0.444 e. The van der Waals surface area contributed by atoms with Gasteiger partial charge in [0.1, 0.15) is 5.60 Å². The van der Waals surface area contributed by atoms with Crippen molar-refractivity contribution in [3.63, 3.8) is 0 Å². The highest BCUT2D eigenvalue weighted by molar-refractivity contribution is 5.76. The Kier molecular flexibility index (Phi) is 7.86. The van der Waals surface area contributed by atoms with E-state index in [9.17, 15) is 9.59 Å². The van der Waals surface area contributed by atoms with Crippen molar-refractivity contribution in [1.82, 2.24) is 10.2 Å². The molecule has 0 spiro atoms. The Morgan fingerprint density at radius 1 is 1.17 bits per heavy atom. The van der Waals surface area contributed by atoms with Crippen molar-refractivity contribution >= 4 is 12.0 Å². The van der Waals surface area contributed by atoms with Crippen LogP contribution in [0.2, 0.25) is 0 Å². The maximum atomic E-state index is 12.3. The molecule has 2 amide bonds. The van der Waals surface area contributed by atoms with Crippen LogP contribution in [-0.4, -0.2) is 41.6 Å². The Balaban J connectivity index is 2.65. The molecular weight excluding hydrogens is 292 g/mol. The van der Waals surface area contributed by atoms with Gasteiger partial charge in [-0.3, -0.25) is 4.79 Å². The topological polar surface area (TPSA) is 58.6 Å². The SMILES string of the molecule is CCCCC1CC(NC(=O)OC(C)(C)C)CN(C(=O)CCC)C1. The molecule has 0 saturated carbocycles. The number of carbonyl (C=O) groups excluding carboxylic acids is 2. The van der Waals surface area contributed by atoms with Crippen LogP contribution in [0.4, 0.5) is 4.79 Å². The lowest BCUT2D eigenvalue weighted by molar-refractivity contribution is -0.133. The van der Waals surface area contributed by atoms with E-state index >= 15 is 0 Å². The molecule has 1 aliphatic heterocycles. The summed E-state index contributed by atoms with van der Waals surface area (Å²) in [5.41, 5.74) is -0.502. The van der Waals surface area contributed by atoms with Crippen molar-refractivity contribution in [2.45, 2.75) is 84.8 Å². The minimum absolute atomic E-state index is 0.0127. The molecule has 1 N–H and O–H groups in total. The molecule has 1 saturated heterocycles. The van der Waals surface area contributed by atoms with Gasteiger partial charge in [0, 0.05) is 19.5 Å². The van der Waals surface area contributed by atoms with Crippen molar-refractivity contribution in [2.75, 3.05) is 13.1 Å². The van der Waals surface area contributed by atoms with E-state index in [1.165, 1.54) is 6.42 Å². The molecule has 1 fully saturated rings. The number of nitrogens with zero attached hydrogens (tertiary/aromatic N) is 1. The van der Waals surface area contributed by atoms with Crippen LogP contribution in [0.25, 0.3) is 0 Å². The predicted octanol–water partition coefficient (Wildman–Crippen LogP) is 3.72. The van der Waals surface area contributed by atoms with Crippen LogP contribution in [0, 0.1) is 5.92 Å². The lowest BCUT2D eigenvalue weighted by Crippen LogP contribution is -2.53. The van der Waals surface area contributed by atoms with E-state index in [-0.39, 0.29) is 18.0 Å². The molecule has 134 valence electrons. The van der Waals surface area contributed by atoms with Gasteiger partial charge >= 0.3 is 6.09 Å². The number of ether oxygens (including phenoxy) is 1. The third kappa shape index (κ3) is 7.71. The number of piperidine rings is 1. The molecule has 1 heterocycles. The molecule has 0 aromatic carbocycles. The van der Waals surface area contributed by atoms with E-state index in [1.54, 1.807) is 0 Å². The largest absolute Gasteiger partial charge is 0.444 e. The van der Waals surface area contributed by atoms with Crippen molar-refractivity contribution in [3.05, 3.63) is 0 Å². The van der Waals surface area contributed by atoms with E-state index in [1.807, 2.05) is 32.6 Å². The quantitative estimate of drug-likeness (QED) is 0.809. The Bertz CT molecular complexity index is 390. The molecular formula is C18H34N2O3. The van der Waals surface area contributed by atoms with Crippen LogP contribution in [-0.2, 0) is 9.53 Å². The van der Waals surface area contributed by atoms with E-state index in [0.29, 0.717) is 18.9 Å². The molecule has 2 unspecified atom stereocenters. The molecule has 0 aromatic rings. The van der Waals surface area contributed by atoms with E-state index < -0.39 is 5.60 Å². The first-order chi connectivity index (χ1) is 10.7. The van der Waals surface area contributed by atoms with Crippen LogP contribution in [0.5, 0.6) is 0 Å². The van der Waals surface area contributed by atoms with Gasteiger partial charge in [-0.2, -0.15) is 0 Å². The van der Waals surface area contributed by atoms with Crippen LogP contribution in [0.15, 0.2) is 0 Å². The summed E-state index contributed by atoms with van der Waals surface area (Å²) < 4.78 is 5.35. The molecule has 0 aliphatic carbocycles. The van der Waals surface area contributed by atoms with Crippen LogP contribution in [0.1, 0.15) is 73.1 Å². The van der Waals surface area contributed by atoms with Gasteiger partial charge in [0.15, 0.2) is 0 Å². The Morgan fingerprint density at radius 2 is 1.87 bits per heavy atom. The fraction of sp³-hybridized carbons (Fsp3) is 0.889. The maximum Gasteiger partial charge on any atom is 0.407 e. The summed E-state index contributed by atoms with van der Waals surface area (Å²) in [6.07, 6.45) is 5.41. The number of hydrogen-bond acceptors (Lipinski definition) is 3. The maximum absolute atomic E-state index is 12.3. The summed E-state index contributed by atoms with van der Waals surface area (Å²) in [6.45, 7) is 11.2. The first-order valence-electron chi connectivity index (χ1n) is 9.02. The fourth-order valence-corrected chi connectivity index (χ4v) is 3.06. The molecule has 1 rings (SSSR count). The third-order valence-electron chi connectivity index (χ3n) is 4.04. The Morgan fingerprint density at radius 3 is 2.43 bits per heavy atom. The van der Waals surface area contributed by atoms with Crippen molar-refractivity contribution in [3.8, 4) is 0 Å². The summed E-state index contributed by atoms with van der Waals surface area (Å²) in [7, 11) is 0. The Hall–Kier alpha value is -1.26. The van der Waals surface area contributed by atoms with E-state index in [0.717, 1.165) is 32.2 Å². The Labute approximate surface area is 141 Å². The molecule has 0 aromatic heterocycles. The standard InChI is InChI=1S/C18H34N2O3/c1-6-8-10-14-11-15(19-17(22)23-18(3,4)5)13-20(12-14)16(21)9-7-2/h14-15H,6-13H2,1-5H3,(H,19,22). The number of likely N-dealkylation sites (tertiary alicyclic amines) is 1. The zero-order chi connectivity index (χ0) is 17.5. The van der Waals surface area contributed by atoms with Crippen LogP contribution < -0.4 is 5.32 Å². The fourth-order valence-electron chi connectivity index (χ4n) is 3.06. The molecule has 0 bridgehead atoms. The van der Waals surface area contributed by atoms with Crippen LogP contribution in [0.3, 0.4) is 0 Å². The van der Waals surface area contributed by atoms with Crippen molar-refractivity contribution < 1.29 is 14.3 Å². The second kappa shape index (κ2) is 9.14. The summed E-state index contributed by atoms with van der Waals surface area (Å²) in [5.74, 6) is 0.661. The van der Waals surface area contributed by atoms with Crippen molar-refractivity contribution in [1.29, 1.82) is 0 Å². The molecule has 2 atom stereocenters. The number of amides is 2. The first kappa shape index (κ1) is 19.8. The van der Waals surface area contributed by atoms with Gasteiger partial charge in [0.05, 0.1) is 6.04 Å². The third-order valence-corrected chi connectivity index (χ3v) is 4.04. The average molecular weight is 326 g/mol. The number of rotatable bonds is 6. The van der Waals surface area contributed by atoms with Gasteiger partial charge < -0.3 is 15.0 Å². The summed E-state index contributed by atoms with van der Waals surface area (Å²) in [6, 6.07) is -0.0127. The van der Waals surface area contributed by atoms with Gasteiger partial charge in [-0.25, -0.2) is 4.79 Å². The number of hydrogen-bond donors (Lipinski definition) is 1. The van der Waals surface area contributed by atoms with Crippen molar-refractivity contribution in [2.24, 2.45) is 5.92 Å². The van der Waals surface area contributed by atoms with Gasteiger partial charge in [-0.1, -0.05) is 26.7 Å². The zero-order valence-electron chi connectivity index (χ0n) is 15.5. The molecule has 5 nitrogen and oxygen atoms in total. The summed E-state index contributed by atoms with van der Waals surface area (Å²) in [5, 5.41) is 2.95. The van der Waals surface area contributed by atoms with Crippen LogP contribution >= 0.6 is 0 Å².